The summed E-state index contributed by atoms with van der Waals surface area (Å²) >= 11 is 0. The minimum Gasteiger partial charge on any atom is -0.294 e. The Kier molecular flexibility index (Phi) is 7.62. The maximum Gasteiger partial charge on any atom is 0.0322 e. The normalized spacial score (nSPS) is 22.2. The van der Waals surface area contributed by atoms with Gasteiger partial charge in [0.2, 0.25) is 0 Å². The molecule has 1 aliphatic rings. The molecular weight excluding hydrogens is 278 g/mol. The number of likely N-dealkylation sites (tertiary alicyclic amines) is 1. The highest BCUT2D eigenvalue weighted by Crippen LogP contribution is 2.32. The minimum absolute atomic E-state index is 0.560. The summed E-state index contributed by atoms with van der Waals surface area (Å²) in [5.74, 6) is 1.72. The fourth-order valence-corrected chi connectivity index (χ4v) is 4.17. The molecule has 0 aliphatic carbocycles. The Morgan fingerprint density at radius 1 is 1.00 bits per heavy atom. The number of benzene rings is 1. The molecule has 3 atom stereocenters. The maximum absolute atomic E-state index is 2.79. The van der Waals surface area contributed by atoms with Crippen LogP contribution < -0.4 is 0 Å². The van der Waals surface area contributed by atoms with Crippen molar-refractivity contribution in [3.8, 4) is 0 Å². The van der Waals surface area contributed by atoms with Gasteiger partial charge in [0.1, 0.15) is 0 Å². The summed E-state index contributed by atoms with van der Waals surface area (Å²) in [7, 11) is 0. The van der Waals surface area contributed by atoms with E-state index in [0.717, 1.165) is 17.9 Å². The first-order valence-electron chi connectivity index (χ1n) is 9.88. The Labute approximate surface area is 144 Å². The number of hydrogen-bond donors (Lipinski definition) is 0. The van der Waals surface area contributed by atoms with E-state index in [4.69, 9.17) is 0 Å². The third-order valence-electron chi connectivity index (χ3n) is 5.60. The minimum atomic E-state index is 0.560. The van der Waals surface area contributed by atoms with Crippen molar-refractivity contribution >= 4 is 0 Å². The van der Waals surface area contributed by atoms with Crippen molar-refractivity contribution in [2.75, 3.05) is 6.54 Å². The Bertz CT molecular complexity index is 425. The maximum atomic E-state index is 2.79. The number of rotatable bonds is 8. The van der Waals surface area contributed by atoms with Crippen LogP contribution in [0.2, 0.25) is 0 Å². The van der Waals surface area contributed by atoms with Crippen LogP contribution in [0.1, 0.15) is 84.2 Å². The van der Waals surface area contributed by atoms with Gasteiger partial charge >= 0.3 is 0 Å². The fraction of sp³-hybridized carbons (Fsp3) is 0.727. The van der Waals surface area contributed by atoms with E-state index in [-0.39, 0.29) is 0 Å². The lowest BCUT2D eigenvalue weighted by atomic mass is 9.88. The summed E-state index contributed by atoms with van der Waals surface area (Å²) in [6.45, 7) is 10.8. The molecule has 1 heterocycles. The summed E-state index contributed by atoms with van der Waals surface area (Å²) in [4.78, 5) is 2.79. The van der Waals surface area contributed by atoms with Gasteiger partial charge in [0.05, 0.1) is 0 Å². The van der Waals surface area contributed by atoms with Crippen LogP contribution in [0.25, 0.3) is 0 Å². The topological polar surface area (TPSA) is 3.24 Å². The third kappa shape index (κ3) is 5.95. The molecule has 0 radical (unpaired) electrons. The van der Waals surface area contributed by atoms with E-state index < -0.39 is 0 Å². The van der Waals surface area contributed by atoms with Crippen molar-refractivity contribution in [2.45, 2.75) is 84.7 Å². The van der Waals surface area contributed by atoms with Crippen molar-refractivity contribution in [3.63, 3.8) is 0 Å². The average Bonchev–Trinajstić information content (AvgIpc) is 2.55. The highest BCUT2D eigenvalue weighted by Gasteiger charge is 2.28. The molecule has 1 saturated heterocycles. The number of nitrogens with zero attached hydrogens (tertiary/aromatic N) is 1. The van der Waals surface area contributed by atoms with E-state index in [1.165, 1.54) is 57.1 Å². The standard InChI is InChI=1S/C22H37N/c1-18(2)11-10-12-19(3)17-22-15-8-9-16-23(22)20(4)21-13-6-5-7-14-21/h5-7,13-14,18-20,22H,8-12,15-17H2,1-4H3/t19-,20-,22+/m1/s1. The van der Waals surface area contributed by atoms with Crippen LogP contribution in [0.4, 0.5) is 0 Å². The first-order valence-corrected chi connectivity index (χ1v) is 9.88. The molecule has 0 N–H and O–H groups in total. The lowest BCUT2D eigenvalue weighted by Gasteiger charge is -2.41. The van der Waals surface area contributed by atoms with Gasteiger partial charge in [-0.3, -0.25) is 4.90 Å². The molecule has 1 aromatic carbocycles. The second-order valence-electron chi connectivity index (χ2n) is 8.14. The van der Waals surface area contributed by atoms with Crippen LogP contribution in [0, 0.1) is 11.8 Å². The Morgan fingerprint density at radius 2 is 1.74 bits per heavy atom. The van der Waals surface area contributed by atoms with Crippen molar-refractivity contribution in [1.29, 1.82) is 0 Å². The van der Waals surface area contributed by atoms with Crippen LogP contribution in [0.15, 0.2) is 30.3 Å². The van der Waals surface area contributed by atoms with Gasteiger partial charge in [-0.25, -0.2) is 0 Å². The first-order chi connectivity index (χ1) is 11.1. The molecule has 0 saturated carbocycles. The molecule has 0 bridgehead atoms. The zero-order chi connectivity index (χ0) is 16.7. The predicted octanol–water partition coefficient (Wildman–Crippen LogP) is 6.45. The predicted molar refractivity (Wildman–Crippen MR) is 102 cm³/mol. The first kappa shape index (κ1) is 18.5. The molecule has 130 valence electrons. The average molecular weight is 316 g/mol. The molecule has 2 rings (SSSR count). The summed E-state index contributed by atoms with van der Waals surface area (Å²) < 4.78 is 0. The Balaban J connectivity index is 1.90. The van der Waals surface area contributed by atoms with E-state index in [0.29, 0.717) is 6.04 Å². The highest BCUT2D eigenvalue weighted by atomic mass is 15.2. The van der Waals surface area contributed by atoms with Crippen molar-refractivity contribution in [2.24, 2.45) is 11.8 Å². The van der Waals surface area contributed by atoms with E-state index in [1.807, 2.05) is 0 Å². The van der Waals surface area contributed by atoms with Gasteiger partial charge in [0.25, 0.3) is 0 Å². The smallest absolute Gasteiger partial charge is 0.0322 e. The summed E-state index contributed by atoms with van der Waals surface area (Å²) in [6, 6.07) is 12.4. The molecule has 1 heteroatoms. The van der Waals surface area contributed by atoms with E-state index >= 15 is 0 Å². The van der Waals surface area contributed by atoms with Crippen LogP contribution in [0.5, 0.6) is 0 Å². The van der Waals surface area contributed by atoms with Crippen LogP contribution >= 0.6 is 0 Å². The quantitative estimate of drug-likeness (QED) is 0.532. The van der Waals surface area contributed by atoms with Gasteiger partial charge in [-0.2, -0.15) is 0 Å². The summed E-state index contributed by atoms with van der Waals surface area (Å²) in [6.07, 6.45) is 9.76. The van der Waals surface area contributed by atoms with Crippen LogP contribution in [-0.2, 0) is 0 Å². The van der Waals surface area contributed by atoms with E-state index in [9.17, 15) is 0 Å². The highest BCUT2D eigenvalue weighted by molar-refractivity contribution is 5.18. The molecule has 1 aliphatic heterocycles. The summed E-state index contributed by atoms with van der Waals surface area (Å²) in [5, 5.41) is 0. The summed E-state index contributed by atoms with van der Waals surface area (Å²) in [5.41, 5.74) is 1.48. The van der Waals surface area contributed by atoms with Gasteiger partial charge in [-0.15, -0.1) is 0 Å². The second-order valence-corrected chi connectivity index (χ2v) is 8.14. The molecule has 0 spiro atoms. The van der Waals surface area contributed by atoms with Crippen LogP contribution in [-0.4, -0.2) is 17.5 Å². The largest absolute Gasteiger partial charge is 0.294 e. The van der Waals surface area contributed by atoms with Crippen molar-refractivity contribution < 1.29 is 0 Å². The monoisotopic (exact) mass is 315 g/mol. The third-order valence-corrected chi connectivity index (χ3v) is 5.60. The molecular formula is C22H37N. The van der Waals surface area contributed by atoms with Crippen LogP contribution in [0.3, 0.4) is 0 Å². The zero-order valence-corrected chi connectivity index (χ0v) is 15.8. The zero-order valence-electron chi connectivity index (χ0n) is 15.8. The molecule has 0 amide bonds. The van der Waals surface area contributed by atoms with E-state index in [1.54, 1.807) is 0 Å². The van der Waals surface area contributed by atoms with Gasteiger partial charge in [-0.1, -0.05) is 76.8 Å². The molecule has 1 fully saturated rings. The fourth-order valence-electron chi connectivity index (χ4n) is 4.17. The lowest BCUT2D eigenvalue weighted by molar-refractivity contribution is 0.0852. The lowest BCUT2D eigenvalue weighted by Crippen LogP contribution is -2.42. The number of piperidine rings is 1. The van der Waals surface area contributed by atoms with Gasteiger partial charge in [-0.05, 0) is 50.1 Å². The molecule has 1 nitrogen and oxygen atoms in total. The van der Waals surface area contributed by atoms with E-state index in [2.05, 4.69) is 62.9 Å². The molecule has 0 unspecified atom stereocenters. The van der Waals surface area contributed by atoms with Crippen molar-refractivity contribution in [1.82, 2.24) is 4.90 Å². The Hall–Kier alpha value is -0.820. The molecule has 0 aromatic heterocycles. The Morgan fingerprint density at radius 3 is 2.43 bits per heavy atom. The molecule has 23 heavy (non-hydrogen) atoms. The second kappa shape index (κ2) is 9.47. The van der Waals surface area contributed by atoms with Gasteiger partial charge in [0.15, 0.2) is 0 Å². The molecule has 1 aromatic rings. The SMILES string of the molecule is CC(C)CCC[C@@H](C)C[C@@H]1CCCCN1[C@H](C)c1ccccc1. The number of hydrogen-bond acceptors (Lipinski definition) is 1. The van der Waals surface area contributed by atoms with Crippen molar-refractivity contribution in [3.05, 3.63) is 35.9 Å². The van der Waals surface area contributed by atoms with Gasteiger partial charge < -0.3 is 0 Å². The van der Waals surface area contributed by atoms with Gasteiger partial charge in [0, 0.05) is 12.1 Å².